The van der Waals surface area contributed by atoms with Gasteiger partial charge in [0.1, 0.15) is 0 Å². The molecule has 0 aromatic heterocycles. The molecule has 0 aliphatic heterocycles. The van der Waals surface area contributed by atoms with Crippen LogP contribution in [0.5, 0.6) is 0 Å². The summed E-state index contributed by atoms with van der Waals surface area (Å²) < 4.78 is 18.0. The monoisotopic (exact) mass is 145 g/mol. The third kappa shape index (κ3) is 3.08. The first-order chi connectivity index (χ1) is 2.81. The SMILES string of the molecule is O=[P+](OP)OP. The van der Waals surface area contributed by atoms with E-state index < -0.39 is 8.25 Å². The molecule has 2 unspecified atom stereocenters. The highest BCUT2D eigenvalue weighted by molar-refractivity contribution is 7.45. The van der Waals surface area contributed by atoms with E-state index in [2.05, 4.69) is 8.62 Å². The van der Waals surface area contributed by atoms with Crippen molar-refractivity contribution in [3.8, 4) is 0 Å². The van der Waals surface area contributed by atoms with Crippen molar-refractivity contribution in [2.24, 2.45) is 0 Å². The Labute approximate surface area is 41.3 Å². The van der Waals surface area contributed by atoms with Gasteiger partial charge in [0.25, 0.3) is 0 Å². The van der Waals surface area contributed by atoms with Crippen LogP contribution in [0, 0.1) is 0 Å². The largest absolute Gasteiger partial charge is 0.702 e. The van der Waals surface area contributed by atoms with Crippen molar-refractivity contribution in [2.75, 3.05) is 0 Å². The molecule has 0 aromatic carbocycles. The predicted molar refractivity (Wildman–Crippen MR) is 29.2 cm³/mol. The van der Waals surface area contributed by atoms with E-state index >= 15 is 0 Å². The van der Waals surface area contributed by atoms with E-state index in [9.17, 15) is 4.57 Å². The Morgan fingerprint density at radius 2 is 1.67 bits per heavy atom. The van der Waals surface area contributed by atoms with Gasteiger partial charge in [0.15, 0.2) is 0 Å². The average molecular weight is 145 g/mol. The minimum absolute atomic E-state index is 1.82. The Hall–Kier alpha value is 0.880. The first kappa shape index (κ1) is 6.88. The Kier molecular flexibility index (Phi) is 4.64. The van der Waals surface area contributed by atoms with Crippen molar-refractivity contribution in [1.29, 1.82) is 0 Å². The van der Waals surface area contributed by atoms with Crippen LogP contribution in [0.25, 0.3) is 0 Å². The standard InChI is InChI=1S/H4O3P3/c1-6(2-4)3-5/h4-5H2/q+1. The quantitative estimate of drug-likeness (QED) is 0.548. The lowest BCUT2D eigenvalue weighted by Gasteiger charge is -1.66. The van der Waals surface area contributed by atoms with Crippen LogP contribution in [0.1, 0.15) is 0 Å². The van der Waals surface area contributed by atoms with Crippen LogP contribution in [0.15, 0.2) is 0 Å². The Morgan fingerprint density at radius 1 is 1.33 bits per heavy atom. The highest BCUT2D eigenvalue weighted by atomic mass is 31.2. The first-order valence-corrected chi connectivity index (χ1v) is 3.06. The summed E-state index contributed by atoms with van der Waals surface area (Å²) >= 11 is 0. The molecule has 6 heavy (non-hydrogen) atoms. The minimum Gasteiger partial charge on any atom is -0.106 e. The fraction of sp³-hybridized carbons (Fsp3) is 0. The van der Waals surface area contributed by atoms with Gasteiger partial charge in [-0.05, 0) is 0 Å². The molecule has 0 rings (SSSR count). The molecule has 3 nitrogen and oxygen atoms in total. The molecule has 0 N–H and O–H groups in total. The number of hydrogen-bond donors (Lipinski definition) is 0. The summed E-state index contributed by atoms with van der Waals surface area (Å²) in [5, 5.41) is 0. The van der Waals surface area contributed by atoms with Crippen molar-refractivity contribution in [2.45, 2.75) is 0 Å². The van der Waals surface area contributed by atoms with E-state index in [-0.39, 0.29) is 0 Å². The molecule has 0 saturated heterocycles. The van der Waals surface area contributed by atoms with E-state index in [0.717, 1.165) is 0 Å². The molecular weight excluding hydrogens is 141 g/mol. The van der Waals surface area contributed by atoms with Gasteiger partial charge in [-0.15, -0.1) is 8.62 Å². The highest BCUT2D eigenvalue weighted by Crippen LogP contribution is 2.29. The summed E-state index contributed by atoms with van der Waals surface area (Å²) in [7, 11) is 1.73. The zero-order valence-electron chi connectivity index (χ0n) is 2.83. The fourth-order valence-corrected chi connectivity index (χ4v) is 0.671. The van der Waals surface area contributed by atoms with Crippen LogP contribution in [0.3, 0.4) is 0 Å². The van der Waals surface area contributed by atoms with Gasteiger partial charge in [0.05, 0.1) is 18.9 Å². The molecule has 0 saturated carbocycles. The van der Waals surface area contributed by atoms with Crippen molar-refractivity contribution < 1.29 is 13.2 Å². The van der Waals surface area contributed by atoms with Crippen LogP contribution in [0.2, 0.25) is 0 Å². The molecule has 0 fully saturated rings. The summed E-state index contributed by atoms with van der Waals surface area (Å²) in [5.41, 5.74) is 0. The van der Waals surface area contributed by atoms with Gasteiger partial charge in [-0.1, -0.05) is 0 Å². The van der Waals surface area contributed by atoms with Gasteiger partial charge in [-0.3, -0.25) is 0 Å². The average Bonchev–Trinajstić information content (AvgIpc) is 1.65. The molecule has 0 bridgehead atoms. The third-order valence-corrected chi connectivity index (χ3v) is 1.55. The van der Waals surface area contributed by atoms with Gasteiger partial charge in [-0.25, -0.2) is 0 Å². The zero-order chi connectivity index (χ0) is 4.99. The molecule has 36 valence electrons. The molecule has 2 atom stereocenters. The van der Waals surface area contributed by atoms with Crippen molar-refractivity contribution in [1.82, 2.24) is 0 Å². The Morgan fingerprint density at radius 3 is 1.67 bits per heavy atom. The summed E-state index contributed by atoms with van der Waals surface area (Å²) in [6.45, 7) is 0. The molecule has 0 aliphatic carbocycles. The second-order valence-electron chi connectivity index (χ2n) is 0.434. The van der Waals surface area contributed by atoms with Gasteiger partial charge in [-0.2, -0.15) is 0 Å². The second kappa shape index (κ2) is 4.05. The van der Waals surface area contributed by atoms with Gasteiger partial charge < -0.3 is 0 Å². The molecule has 0 amide bonds. The third-order valence-electron chi connectivity index (χ3n) is 0.172. The Balaban J connectivity index is 2.99. The van der Waals surface area contributed by atoms with Crippen LogP contribution in [0.4, 0.5) is 0 Å². The van der Waals surface area contributed by atoms with Crippen LogP contribution in [-0.2, 0) is 13.2 Å². The molecule has 0 aliphatic rings. The summed E-state index contributed by atoms with van der Waals surface area (Å²) in [5.74, 6) is 0. The maximum atomic E-state index is 9.84. The molecule has 6 heteroatoms. The molecule has 0 heterocycles. The fourth-order valence-electron chi connectivity index (χ4n) is 0.0248. The molecule has 0 spiro atoms. The Bertz CT molecular complexity index is 44.0. The highest BCUT2D eigenvalue weighted by Gasteiger charge is 2.11. The smallest absolute Gasteiger partial charge is 0.106 e. The van der Waals surface area contributed by atoms with E-state index in [1.807, 2.05) is 18.9 Å². The number of rotatable bonds is 2. The van der Waals surface area contributed by atoms with E-state index in [0.29, 0.717) is 0 Å². The lowest BCUT2D eigenvalue weighted by atomic mass is 15.8. The predicted octanol–water partition coefficient (Wildman–Crippen LogP) is 1.26. The van der Waals surface area contributed by atoms with E-state index in [1.165, 1.54) is 0 Å². The molecule has 0 aromatic rings. The van der Waals surface area contributed by atoms with Crippen LogP contribution in [-0.4, -0.2) is 0 Å². The maximum absolute atomic E-state index is 9.84. The van der Waals surface area contributed by atoms with Crippen molar-refractivity contribution in [3.05, 3.63) is 0 Å². The van der Waals surface area contributed by atoms with Crippen molar-refractivity contribution in [3.63, 3.8) is 0 Å². The zero-order valence-corrected chi connectivity index (χ0v) is 6.03. The maximum Gasteiger partial charge on any atom is 0.702 e. The summed E-state index contributed by atoms with van der Waals surface area (Å²) in [6, 6.07) is 0. The van der Waals surface area contributed by atoms with E-state index in [1.54, 1.807) is 0 Å². The van der Waals surface area contributed by atoms with E-state index in [4.69, 9.17) is 0 Å². The van der Waals surface area contributed by atoms with Crippen LogP contribution < -0.4 is 0 Å². The van der Waals surface area contributed by atoms with Crippen molar-refractivity contribution >= 4 is 27.2 Å². The number of hydrogen-bond acceptors (Lipinski definition) is 3. The van der Waals surface area contributed by atoms with Gasteiger partial charge in [0, 0.05) is 4.57 Å². The molecular formula is H4O3P3+. The second-order valence-corrected chi connectivity index (χ2v) is 2.57. The topological polar surface area (TPSA) is 35.5 Å². The summed E-state index contributed by atoms with van der Waals surface area (Å²) in [4.78, 5) is 0. The van der Waals surface area contributed by atoms with Gasteiger partial charge >= 0.3 is 8.25 Å². The summed E-state index contributed by atoms with van der Waals surface area (Å²) in [6.07, 6.45) is 0. The molecule has 0 radical (unpaired) electrons. The van der Waals surface area contributed by atoms with Gasteiger partial charge in [0.2, 0.25) is 0 Å². The minimum atomic E-state index is -1.90. The normalized spacial score (nSPS) is 8.33. The lowest BCUT2D eigenvalue weighted by molar-refractivity contribution is 0.461. The van der Waals surface area contributed by atoms with Crippen LogP contribution >= 0.6 is 27.2 Å². The first-order valence-electron chi connectivity index (χ1n) is 1.02. The lowest BCUT2D eigenvalue weighted by Crippen LogP contribution is -1.49.